The number of hydrogen-bond donors (Lipinski definition) is 1. The van der Waals surface area contributed by atoms with Crippen molar-refractivity contribution in [2.75, 3.05) is 12.4 Å². The number of aliphatic hydroxyl groups excluding tert-OH is 1. The molecule has 0 amide bonds. The van der Waals surface area contributed by atoms with Crippen LogP contribution >= 0.6 is 11.8 Å². The van der Waals surface area contributed by atoms with Gasteiger partial charge in [-0.15, -0.1) is 10.2 Å². The molecule has 0 atom stereocenters. The van der Waals surface area contributed by atoms with Crippen molar-refractivity contribution >= 4 is 11.8 Å². The van der Waals surface area contributed by atoms with Gasteiger partial charge in [-0.2, -0.15) is 0 Å². The van der Waals surface area contributed by atoms with Crippen LogP contribution in [0.25, 0.3) is 0 Å². The van der Waals surface area contributed by atoms with Gasteiger partial charge in [0.1, 0.15) is 12.4 Å². The Labute approximate surface area is 141 Å². The van der Waals surface area contributed by atoms with Crippen LogP contribution in [-0.2, 0) is 6.61 Å². The van der Waals surface area contributed by atoms with Crippen LogP contribution in [0.1, 0.15) is 42.3 Å². The first-order valence-electron chi connectivity index (χ1n) is 8.06. The Morgan fingerprint density at radius 1 is 1.22 bits per heavy atom. The largest absolute Gasteiger partial charge is 0.494 e. The van der Waals surface area contributed by atoms with Gasteiger partial charge in [-0.3, -0.25) is 0 Å². The maximum atomic E-state index is 9.34. The summed E-state index contributed by atoms with van der Waals surface area (Å²) in [6, 6.07) is 6.77. The van der Waals surface area contributed by atoms with Crippen LogP contribution in [0, 0.1) is 13.8 Å². The summed E-state index contributed by atoms with van der Waals surface area (Å²) in [5.74, 6) is 2.55. The summed E-state index contributed by atoms with van der Waals surface area (Å²) in [6.07, 6.45) is 3.27. The molecule has 23 heavy (non-hydrogen) atoms. The van der Waals surface area contributed by atoms with Crippen molar-refractivity contribution in [3.05, 3.63) is 35.2 Å². The van der Waals surface area contributed by atoms with E-state index in [0.717, 1.165) is 35.9 Å². The van der Waals surface area contributed by atoms with E-state index in [0.29, 0.717) is 18.5 Å². The van der Waals surface area contributed by atoms with Gasteiger partial charge in [-0.1, -0.05) is 17.8 Å². The molecule has 0 radical (unpaired) electrons. The maximum absolute atomic E-state index is 9.34. The number of aryl methyl sites for hydroxylation is 2. The van der Waals surface area contributed by atoms with Crippen LogP contribution in [0.15, 0.2) is 23.4 Å². The summed E-state index contributed by atoms with van der Waals surface area (Å²) in [7, 11) is 0. The van der Waals surface area contributed by atoms with E-state index in [9.17, 15) is 5.11 Å². The zero-order valence-electron chi connectivity index (χ0n) is 13.7. The molecular weight excluding hydrogens is 310 g/mol. The van der Waals surface area contributed by atoms with Crippen molar-refractivity contribution in [1.29, 1.82) is 0 Å². The number of benzene rings is 1. The lowest BCUT2D eigenvalue weighted by atomic mass is 10.1. The topological polar surface area (TPSA) is 60.2 Å². The molecule has 1 heterocycles. The van der Waals surface area contributed by atoms with E-state index in [2.05, 4.69) is 46.8 Å². The average Bonchev–Trinajstić information content (AvgIpc) is 3.26. The van der Waals surface area contributed by atoms with E-state index in [1.54, 1.807) is 11.8 Å². The van der Waals surface area contributed by atoms with E-state index in [4.69, 9.17) is 4.74 Å². The molecule has 2 aromatic rings. The minimum absolute atomic E-state index is 0.0418. The molecule has 3 rings (SSSR count). The number of ether oxygens (including phenoxy) is 1. The van der Waals surface area contributed by atoms with Crippen molar-refractivity contribution in [3.63, 3.8) is 0 Å². The highest BCUT2D eigenvalue weighted by molar-refractivity contribution is 7.99. The van der Waals surface area contributed by atoms with Crippen LogP contribution in [0.4, 0.5) is 0 Å². The average molecular weight is 333 g/mol. The summed E-state index contributed by atoms with van der Waals surface area (Å²) in [5.41, 5.74) is 2.45. The van der Waals surface area contributed by atoms with E-state index in [-0.39, 0.29) is 6.61 Å². The Morgan fingerprint density at radius 2 is 1.96 bits per heavy atom. The molecule has 1 N–H and O–H groups in total. The second-order valence-electron chi connectivity index (χ2n) is 6.03. The summed E-state index contributed by atoms with van der Waals surface area (Å²) in [4.78, 5) is 0. The molecule has 1 fully saturated rings. The minimum atomic E-state index is -0.0418. The molecule has 1 aromatic heterocycles. The molecule has 0 unspecified atom stereocenters. The molecule has 5 nitrogen and oxygen atoms in total. The van der Waals surface area contributed by atoms with Gasteiger partial charge in [0.25, 0.3) is 0 Å². The number of hydrogen-bond acceptors (Lipinski definition) is 5. The first-order chi connectivity index (χ1) is 11.2. The van der Waals surface area contributed by atoms with Crippen LogP contribution in [0.2, 0.25) is 0 Å². The molecule has 1 aliphatic carbocycles. The molecule has 0 spiro atoms. The van der Waals surface area contributed by atoms with Gasteiger partial charge >= 0.3 is 0 Å². The van der Waals surface area contributed by atoms with Crippen molar-refractivity contribution in [3.8, 4) is 5.75 Å². The number of aromatic nitrogens is 3. The van der Waals surface area contributed by atoms with Gasteiger partial charge in [-0.25, -0.2) is 0 Å². The third-order valence-corrected chi connectivity index (χ3v) is 4.80. The molecule has 0 aliphatic heterocycles. The Bertz CT molecular complexity index is 648. The maximum Gasteiger partial charge on any atom is 0.191 e. The fourth-order valence-corrected chi connectivity index (χ4v) is 3.58. The molecular formula is C17H23N3O2S. The Morgan fingerprint density at radius 3 is 2.61 bits per heavy atom. The van der Waals surface area contributed by atoms with Crippen LogP contribution in [0.3, 0.4) is 0 Å². The van der Waals surface area contributed by atoms with Gasteiger partial charge in [0, 0.05) is 11.8 Å². The zero-order valence-corrected chi connectivity index (χ0v) is 14.5. The fourth-order valence-electron chi connectivity index (χ4n) is 2.64. The van der Waals surface area contributed by atoms with Crippen molar-refractivity contribution in [2.45, 2.75) is 50.9 Å². The van der Waals surface area contributed by atoms with Gasteiger partial charge in [0.15, 0.2) is 11.0 Å². The minimum Gasteiger partial charge on any atom is -0.494 e. The monoisotopic (exact) mass is 333 g/mol. The molecule has 0 bridgehead atoms. The Hall–Kier alpha value is -1.53. The van der Waals surface area contributed by atoms with E-state index in [1.165, 1.54) is 11.1 Å². The fraction of sp³-hybridized carbons (Fsp3) is 0.529. The Kier molecular flexibility index (Phi) is 5.23. The Balaban J connectivity index is 1.46. The smallest absolute Gasteiger partial charge is 0.191 e. The van der Waals surface area contributed by atoms with Crippen LogP contribution < -0.4 is 4.74 Å². The first-order valence-corrected chi connectivity index (χ1v) is 9.04. The van der Waals surface area contributed by atoms with Gasteiger partial charge < -0.3 is 14.4 Å². The second-order valence-corrected chi connectivity index (χ2v) is 7.09. The summed E-state index contributed by atoms with van der Waals surface area (Å²) in [5, 5.41) is 18.5. The third-order valence-electron chi connectivity index (χ3n) is 3.77. The first kappa shape index (κ1) is 16.3. The van der Waals surface area contributed by atoms with Crippen LogP contribution in [-0.4, -0.2) is 32.2 Å². The normalized spacial score (nSPS) is 14.2. The summed E-state index contributed by atoms with van der Waals surface area (Å²) < 4.78 is 7.92. The lowest BCUT2D eigenvalue weighted by Crippen LogP contribution is -2.04. The number of aliphatic hydroxyl groups is 1. The van der Waals surface area contributed by atoms with Crippen molar-refractivity contribution in [1.82, 2.24) is 14.8 Å². The quantitative estimate of drug-likeness (QED) is 0.593. The van der Waals surface area contributed by atoms with Crippen LogP contribution in [0.5, 0.6) is 5.75 Å². The van der Waals surface area contributed by atoms with Crippen molar-refractivity contribution < 1.29 is 9.84 Å². The van der Waals surface area contributed by atoms with E-state index in [1.807, 2.05) is 0 Å². The predicted molar refractivity (Wildman–Crippen MR) is 91.0 cm³/mol. The summed E-state index contributed by atoms with van der Waals surface area (Å²) in [6.45, 7) is 4.82. The van der Waals surface area contributed by atoms with Gasteiger partial charge in [0.05, 0.1) is 6.61 Å². The molecule has 1 saturated carbocycles. The number of nitrogens with zero attached hydrogens (tertiary/aromatic N) is 3. The van der Waals surface area contributed by atoms with E-state index >= 15 is 0 Å². The highest BCUT2D eigenvalue weighted by Gasteiger charge is 2.29. The lowest BCUT2D eigenvalue weighted by Gasteiger charge is -2.09. The second kappa shape index (κ2) is 7.36. The predicted octanol–water partition coefficient (Wildman–Crippen LogP) is 3.28. The number of rotatable bonds is 8. The van der Waals surface area contributed by atoms with Gasteiger partial charge in [0.2, 0.25) is 0 Å². The lowest BCUT2D eigenvalue weighted by molar-refractivity contribution is 0.263. The zero-order chi connectivity index (χ0) is 16.2. The standard InChI is InChI=1S/C17H23N3O2S/c1-12-8-13(2)10-15(9-12)22-6-3-7-23-17-19-18-16(11-21)20(17)14-4-5-14/h8-10,14,21H,3-7,11H2,1-2H3. The third kappa shape index (κ3) is 4.26. The summed E-state index contributed by atoms with van der Waals surface area (Å²) >= 11 is 1.69. The molecule has 124 valence electrons. The molecule has 0 saturated heterocycles. The highest BCUT2D eigenvalue weighted by atomic mass is 32.2. The van der Waals surface area contributed by atoms with Gasteiger partial charge in [-0.05, 0) is 56.4 Å². The van der Waals surface area contributed by atoms with E-state index < -0.39 is 0 Å². The SMILES string of the molecule is Cc1cc(C)cc(OCCCSc2nnc(CO)n2C2CC2)c1. The molecule has 1 aliphatic rings. The highest BCUT2D eigenvalue weighted by Crippen LogP contribution is 2.38. The molecule has 1 aromatic carbocycles. The van der Waals surface area contributed by atoms with Crippen molar-refractivity contribution in [2.24, 2.45) is 0 Å². The molecule has 6 heteroatoms. The number of thioether (sulfide) groups is 1.